The minimum atomic E-state index is -4.83. The van der Waals surface area contributed by atoms with Crippen molar-refractivity contribution in [3.05, 3.63) is 41.7 Å². The molecule has 3 N–H and O–H groups in total. The fraction of sp³-hybridized carbons (Fsp3) is 0.353. The Balaban J connectivity index is 2.50. The van der Waals surface area contributed by atoms with Crippen molar-refractivity contribution in [2.75, 3.05) is 23.3 Å². The van der Waals surface area contributed by atoms with Crippen LogP contribution in [0.1, 0.15) is 29.3 Å². The van der Waals surface area contributed by atoms with E-state index >= 15 is 0 Å². The molecule has 0 fully saturated rings. The van der Waals surface area contributed by atoms with Gasteiger partial charge in [0, 0.05) is 24.6 Å². The molecule has 1 amide bonds. The van der Waals surface area contributed by atoms with Crippen LogP contribution < -0.4 is 15.4 Å². The standard InChI is InChI=1S/C17H17F6N5OS/c1-2-5-28(9-16(18,19)20)14-12(6-10(8-26-14)17(21,22)23)15(29)27-11-3-4-25-13(7-11)30-24/h3-4,6-8H,2,5,9,24H2,1H3,(H,25,27,29). The Hall–Kier alpha value is -2.54. The zero-order chi connectivity index (χ0) is 22.5. The van der Waals surface area contributed by atoms with Gasteiger partial charge in [0.05, 0.1) is 11.1 Å². The van der Waals surface area contributed by atoms with Crippen LogP contribution in [0, 0.1) is 0 Å². The van der Waals surface area contributed by atoms with Crippen LogP contribution in [0.15, 0.2) is 35.6 Å². The molecule has 2 rings (SSSR count). The van der Waals surface area contributed by atoms with Gasteiger partial charge in [0.2, 0.25) is 0 Å². The first-order valence-corrected chi connectivity index (χ1v) is 9.35. The van der Waals surface area contributed by atoms with E-state index in [1.165, 1.54) is 18.3 Å². The molecule has 30 heavy (non-hydrogen) atoms. The minimum absolute atomic E-state index is 0.157. The summed E-state index contributed by atoms with van der Waals surface area (Å²) < 4.78 is 78.3. The van der Waals surface area contributed by atoms with Gasteiger partial charge in [0.25, 0.3) is 5.91 Å². The van der Waals surface area contributed by atoms with Crippen molar-refractivity contribution in [1.82, 2.24) is 9.97 Å². The third kappa shape index (κ3) is 6.49. The summed E-state index contributed by atoms with van der Waals surface area (Å²) in [6.45, 7) is -0.0414. The van der Waals surface area contributed by atoms with Crippen LogP contribution in [-0.4, -0.2) is 35.1 Å². The number of carbonyl (C=O) groups is 1. The van der Waals surface area contributed by atoms with Crippen molar-refractivity contribution >= 4 is 29.4 Å². The predicted molar refractivity (Wildman–Crippen MR) is 100 cm³/mol. The van der Waals surface area contributed by atoms with Crippen molar-refractivity contribution in [3.8, 4) is 0 Å². The molecule has 13 heteroatoms. The van der Waals surface area contributed by atoms with Crippen LogP contribution >= 0.6 is 11.9 Å². The topological polar surface area (TPSA) is 84.1 Å². The van der Waals surface area contributed by atoms with Gasteiger partial charge in [0.15, 0.2) is 0 Å². The fourth-order valence-corrected chi connectivity index (χ4v) is 2.84. The van der Waals surface area contributed by atoms with E-state index in [4.69, 9.17) is 5.14 Å². The van der Waals surface area contributed by atoms with Crippen LogP contribution in [0.3, 0.4) is 0 Å². The summed E-state index contributed by atoms with van der Waals surface area (Å²) in [5, 5.41) is 8.05. The molecular weight excluding hydrogens is 436 g/mol. The van der Waals surface area contributed by atoms with E-state index in [1.807, 2.05) is 0 Å². The molecule has 6 nitrogen and oxygen atoms in total. The van der Waals surface area contributed by atoms with E-state index in [0.29, 0.717) is 17.3 Å². The first-order chi connectivity index (χ1) is 13.9. The van der Waals surface area contributed by atoms with E-state index < -0.39 is 41.7 Å². The molecule has 2 aromatic rings. The van der Waals surface area contributed by atoms with E-state index in [2.05, 4.69) is 15.3 Å². The number of rotatable bonds is 7. The molecule has 0 saturated carbocycles. The lowest BCUT2D eigenvalue weighted by Crippen LogP contribution is -2.37. The van der Waals surface area contributed by atoms with Crippen LogP contribution in [0.2, 0.25) is 0 Å². The quantitative estimate of drug-likeness (QED) is 0.475. The van der Waals surface area contributed by atoms with Crippen LogP contribution in [0.5, 0.6) is 0 Å². The molecular formula is C17H17F6N5OS. The highest BCUT2D eigenvalue weighted by Gasteiger charge is 2.36. The number of aromatic nitrogens is 2. The number of pyridine rings is 2. The third-order valence-corrected chi connectivity index (χ3v) is 4.18. The lowest BCUT2D eigenvalue weighted by Gasteiger charge is -2.26. The number of nitrogens with zero attached hydrogens (tertiary/aromatic N) is 3. The van der Waals surface area contributed by atoms with Crippen LogP contribution in [-0.2, 0) is 6.18 Å². The number of nitrogens with one attached hydrogen (secondary N) is 1. The van der Waals surface area contributed by atoms with Crippen LogP contribution in [0.4, 0.5) is 37.8 Å². The first kappa shape index (κ1) is 23.7. The van der Waals surface area contributed by atoms with Gasteiger partial charge in [-0.2, -0.15) is 26.3 Å². The molecule has 0 radical (unpaired) electrons. The Labute approximate surface area is 172 Å². The SMILES string of the molecule is CCCN(CC(F)(F)F)c1ncc(C(F)(F)F)cc1C(=O)Nc1ccnc(SN)c1. The average molecular weight is 453 g/mol. The Morgan fingerprint density at radius 2 is 1.90 bits per heavy atom. The van der Waals surface area contributed by atoms with Gasteiger partial charge in [0.1, 0.15) is 17.4 Å². The molecule has 0 aromatic carbocycles. The van der Waals surface area contributed by atoms with Gasteiger partial charge in [-0.1, -0.05) is 6.92 Å². The second-order valence-electron chi connectivity index (χ2n) is 6.08. The summed E-state index contributed by atoms with van der Waals surface area (Å²) in [6.07, 6.45) is -7.52. The summed E-state index contributed by atoms with van der Waals surface area (Å²) in [7, 11) is 0. The van der Waals surface area contributed by atoms with E-state index in [1.54, 1.807) is 6.92 Å². The second kappa shape index (κ2) is 9.51. The zero-order valence-corrected chi connectivity index (χ0v) is 16.3. The fourth-order valence-electron chi connectivity index (χ4n) is 2.53. The Morgan fingerprint density at radius 1 is 1.20 bits per heavy atom. The Bertz CT molecular complexity index is 890. The van der Waals surface area contributed by atoms with Gasteiger partial charge >= 0.3 is 12.4 Å². The molecule has 0 aliphatic rings. The lowest BCUT2D eigenvalue weighted by molar-refractivity contribution is -0.137. The zero-order valence-electron chi connectivity index (χ0n) is 15.5. The van der Waals surface area contributed by atoms with Crippen LogP contribution in [0.25, 0.3) is 0 Å². The summed E-state index contributed by atoms with van der Waals surface area (Å²) in [4.78, 5) is 20.9. The molecule has 0 bridgehead atoms. The average Bonchev–Trinajstić information content (AvgIpc) is 2.65. The van der Waals surface area contributed by atoms with E-state index in [0.717, 1.165) is 16.8 Å². The number of carbonyl (C=O) groups excluding carboxylic acids is 1. The van der Waals surface area contributed by atoms with Crippen molar-refractivity contribution in [3.63, 3.8) is 0 Å². The molecule has 0 spiro atoms. The smallest absolute Gasteiger partial charge is 0.347 e. The lowest BCUT2D eigenvalue weighted by atomic mass is 10.1. The van der Waals surface area contributed by atoms with Crippen molar-refractivity contribution in [1.29, 1.82) is 0 Å². The van der Waals surface area contributed by atoms with Crippen molar-refractivity contribution in [2.45, 2.75) is 30.7 Å². The maximum absolute atomic E-state index is 13.1. The second-order valence-corrected chi connectivity index (χ2v) is 6.74. The Kier molecular flexibility index (Phi) is 7.53. The number of halogens is 6. The van der Waals surface area contributed by atoms with Gasteiger partial charge < -0.3 is 10.2 Å². The molecule has 2 heterocycles. The maximum Gasteiger partial charge on any atom is 0.417 e. The third-order valence-electron chi connectivity index (χ3n) is 3.72. The first-order valence-electron chi connectivity index (χ1n) is 8.47. The Morgan fingerprint density at radius 3 is 2.47 bits per heavy atom. The van der Waals surface area contributed by atoms with Gasteiger partial charge in [-0.25, -0.2) is 9.97 Å². The van der Waals surface area contributed by atoms with Gasteiger partial charge in [-0.3, -0.25) is 9.93 Å². The highest BCUT2D eigenvalue weighted by Crippen LogP contribution is 2.33. The van der Waals surface area contributed by atoms with Crippen molar-refractivity contribution < 1.29 is 31.1 Å². The molecule has 0 unspecified atom stereocenters. The van der Waals surface area contributed by atoms with E-state index in [-0.39, 0.29) is 18.7 Å². The number of alkyl halides is 6. The predicted octanol–water partition coefficient (Wildman–Crippen LogP) is 4.49. The van der Waals surface area contributed by atoms with Gasteiger partial charge in [-0.05, 0) is 36.6 Å². The molecule has 0 aliphatic heterocycles. The molecule has 0 saturated heterocycles. The summed E-state index contributed by atoms with van der Waals surface area (Å²) in [5.41, 5.74) is -1.74. The van der Waals surface area contributed by atoms with Gasteiger partial charge in [-0.15, -0.1) is 0 Å². The summed E-state index contributed by atoms with van der Waals surface area (Å²) in [6, 6.07) is 3.21. The van der Waals surface area contributed by atoms with Crippen molar-refractivity contribution in [2.24, 2.45) is 5.14 Å². The molecule has 2 aromatic heterocycles. The normalized spacial score (nSPS) is 12.0. The number of anilines is 2. The maximum atomic E-state index is 13.1. The molecule has 0 aliphatic carbocycles. The largest absolute Gasteiger partial charge is 0.417 e. The van der Waals surface area contributed by atoms with E-state index in [9.17, 15) is 31.1 Å². The highest BCUT2D eigenvalue weighted by molar-refractivity contribution is 7.97. The highest BCUT2D eigenvalue weighted by atomic mass is 32.2. The number of amides is 1. The summed E-state index contributed by atoms with van der Waals surface area (Å²) in [5.74, 6) is -1.55. The number of hydrogen-bond donors (Lipinski definition) is 2. The number of nitrogens with two attached hydrogens (primary N) is 1. The molecule has 0 atom stereocenters. The molecule has 164 valence electrons. The number of hydrogen-bond acceptors (Lipinski definition) is 6. The summed E-state index contributed by atoms with van der Waals surface area (Å²) >= 11 is 0.776. The monoisotopic (exact) mass is 453 g/mol. The minimum Gasteiger partial charge on any atom is -0.347 e.